The second kappa shape index (κ2) is 24.8. The number of hydrazine groups is 1. The normalized spacial score (nSPS) is 17.6. The zero-order valence-electron chi connectivity index (χ0n) is 43.1. The fourth-order valence-electron chi connectivity index (χ4n) is 9.05. The molecule has 9 rings (SSSR count). The van der Waals surface area contributed by atoms with E-state index in [2.05, 4.69) is 16.1 Å². The number of rotatable bonds is 22. The number of nitrogens with zero attached hydrogens (tertiary/aromatic N) is 4. The first-order chi connectivity index (χ1) is 38.7. The zero-order chi connectivity index (χ0) is 56.3. The average Bonchev–Trinajstić information content (AvgIpc) is 4.26. The molecule has 6 aromatic carbocycles. The van der Waals surface area contributed by atoms with E-state index in [1.807, 2.05) is 12.1 Å². The first-order valence-corrected chi connectivity index (χ1v) is 25.9. The van der Waals surface area contributed by atoms with Gasteiger partial charge in [0.1, 0.15) is 55.0 Å². The first kappa shape index (κ1) is 55.1. The summed E-state index contributed by atoms with van der Waals surface area (Å²) in [5, 5.41) is 16.0. The van der Waals surface area contributed by atoms with Gasteiger partial charge in [0.05, 0.1) is 32.2 Å². The van der Waals surface area contributed by atoms with E-state index < -0.39 is 81.6 Å². The largest absolute Gasteiger partial charge is 0.497 e. The van der Waals surface area contributed by atoms with Gasteiger partial charge in [-0.15, -0.1) is 0 Å². The molecule has 3 aliphatic heterocycles. The van der Waals surface area contributed by atoms with Crippen LogP contribution in [-0.2, 0) is 58.0 Å². The molecule has 6 amide bonds. The third-order valence-electron chi connectivity index (χ3n) is 13.3. The number of thioether (sulfide) groups is 1. The number of urea groups is 1. The number of hydrogen-bond acceptors (Lipinski definition) is 16. The van der Waals surface area contributed by atoms with Crippen molar-refractivity contribution in [2.45, 2.75) is 48.1 Å². The van der Waals surface area contributed by atoms with Crippen molar-refractivity contribution >= 4 is 59.2 Å². The van der Waals surface area contributed by atoms with Gasteiger partial charge in [0.2, 0.25) is 16.7 Å². The monoisotopic (exact) mass is 1110 g/mol. The quantitative estimate of drug-likeness (QED) is 0.0172. The second-order valence-electron chi connectivity index (χ2n) is 18.4. The number of β-lactam (4-membered cyclic amide) rings is 1. The van der Waals surface area contributed by atoms with E-state index in [9.17, 15) is 38.9 Å². The number of carbonyl (C=O) groups is 7. The van der Waals surface area contributed by atoms with Gasteiger partial charge >= 0.3 is 24.1 Å². The van der Waals surface area contributed by atoms with Crippen LogP contribution in [0.2, 0.25) is 0 Å². The fourth-order valence-corrected chi connectivity index (χ4v) is 10.7. The van der Waals surface area contributed by atoms with E-state index in [-0.39, 0.29) is 50.7 Å². The molecule has 80 heavy (non-hydrogen) atoms. The van der Waals surface area contributed by atoms with Gasteiger partial charge in [0.25, 0.3) is 11.6 Å². The van der Waals surface area contributed by atoms with Gasteiger partial charge < -0.3 is 44.0 Å². The lowest BCUT2D eigenvalue weighted by Gasteiger charge is -2.41. The van der Waals surface area contributed by atoms with Crippen LogP contribution in [0, 0.1) is 10.1 Å². The molecule has 0 aromatic heterocycles. The van der Waals surface area contributed by atoms with Crippen LogP contribution >= 0.6 is 11.8 Å². The highest BCUT2D eigenvalue weighted by Gasteiger charge is 2.67. The minimum absolute atomic E-state index is 0.143. The lowest BCUT2D eigenvalue weighted by atomic mass is 9.96. The van der Waals surface area contributed by atoms with Crippen molar-refractivity contribution in [1.29, 1.82) is 0 Å². The number of benzene rings is 6. The highest BCUT2D eigenvalue weighted by molar-refractivity contribution is 8.02. The maximum Gasteiger partial charge on any atom is 0.407 e. The van der Waals surface area contributed by atoms with Crippen LogP contribution in [0.1, 0.15) is 45.4 Å². The molecule has 0 bridgehead atoms. The summed E-state index contributed by atoms with van der Waals surface area (Å²) in [6, 6.07) is 41.5. The van der Waals surface area contributed by atoms with Crippen molar-refractivity contribution in [1.82, 2.24) is 30.9 Å². The van der Waals surface area contributed by atoms with Gasteiger partial charge in [-0.1, -0.05) is 109 Å². The average molecular weight is 1110 g/mol. The van der Waals surface area contributed by atoms with Crippen molar-refractivity contribution < 1.29 is 66.9 Å². The maximum absolute atomic E-state index is 15.2. The molecule has 1 unspecified atom stereocenters. The van der Waals surface area contributed by atoms with E-state index in [4.69, 9.17) is 28.4 Å². The summed E-state index contributed by atoms with van der Waals surface area (Å²) in [6.07, 6.45) is -1.97. The topological polar surface area (TPSA) is 264 Å². The lowest BCUT2D eigenvalue weighted by molar-refractivity contribution is -0.384. The molecule has 3 heterocycles. The summed E-state index contributed by atoms with van der Waals surface area (Å²) < 4.78 is 33.7. The Labute approximate surface area is 462 Å². The van der Waals surface area contributed by atoms with E-state index in [0.29, 0.717) is 39.5 Å². The molecule has 0 spiro atoms. The molecule has 4 atom stereocenters. The van der Waals surface area contributed by atoms with Crippen molar-refractivity contribution in [3.05, 3.63) is 201 Å². The predicted molar refractivity (Wildman–Crippen MR) is 286 cm³/mol. The molecule has 3 N–H and O–H groups in total. The third-order valence-corrected chi connectivity index (χ3v) is 15.0. The number of non-ortho nitro benzene ring substituents is 1. The van der Waals surface area contributed by atoms with Crippen LogP contribution in [-0.4, -0.2) is 118 Å². The summed E-state index contributed by atoms with van der Waals surface area (Å²) in [6.45, 7) is -1.55. The third kappa shape index (κ3) is 12.5. The molecular weight excluding hydrogens is 1050 g/mol. The molecule has 6 aromatic rings. The van der Waals surface area contributed by atoms with Crippen molar-refractivity contribution in [3.63, 3.8) is 0 Å². The molecular formula is C57H53N7O15S. The highest BCUT2D eigenvalue weighted by atomic mass is 32.2. The molecule has 0 radical (unpaired) electrons. The van der Waals surface area contributed by atoms with Crippen LogP contribution in [0.3, 0.4) is 0 Å². The van der Waals surface area contributed by atoms with Gasteiger partial charge in [0.15, 0.2) is 12.0 Å². The summed E-state index contributed by atoms with van der Waals surface area (Å²) in [4.78, 5) is 109. The van der Waals surface area contributed by atoms with E-state index in [1.165, 1.54) is 41.2 Å². The minimum atomic E-state index is -1.96. The van der Waals surface area contributed by atoms with Gasteiger partial charge in [-0.05, 0) is 81.9 Å². The lowest BCUT2D eigenvalue weighted by Crippen LogP contribution is -2.68. The molecule has 412 valence electrons. The Morgan fingerprint density at radius 2 is 1.24 bits per heavy atom. The Balaban J connectivity index is 0.926. The van der Waals surface area contributed by atoms with E-state index in [1.54, 1.807) is 128 Å². The number of fused-ring (bicyclic) bond motifs is 1. The first-order valence-electron chi connectivity index (χ1n) is 25.0. The van der Waals surface area contributed by atoms with Crippen LogP contribution in [0.25, 0.3) is 0 Å². The minimum Gasteiger partial charge on any atom is -0.497 e. The maximum atomic E-state index is 15.2. The highest BCUT2D eigenvalue weighted by Crippen LogP contribution is 2.51. The molecule has 0 saturated carbocycles. The Morgan fingerprint density at radius 3 is 1.81 bits per heavy atom. The van der Waals surface area contributed by atoms with Crippen LogP contribution in [0.5, 0.6) is 17.2 Å². The summed E-state index contributed by atoms with van der Waals surface area (Å²) in [5.74, 6) is -4.00. The van der Waals surface area contributed by atoms with Crippen molar-refractivity contribution in [2.75, 3.05) is 40.4 Å². The molecule has 3 aliphatic rings. The summed E-state index contributed by atoms with van der Waals surface area (Å²) in [7, 11) is 3.09. The fraction of sp³-hybridized carbons (Fsp3) is 0.246. The number of ether oxygens (including phenoxy) is 6. The van der Waals surface area contributed by atoms with Gasteiger partial charge in [-0.25, -0.2) is 19.4 Å². The van der Waals surface area contributed by atoms with Crippen LogP contribution in [0.15, 0.2) is 158 Å². The second-order valence-corrected chi connectivity index (χ2v) is 19.8. The molecule has 3 saturated heterocycles. The number of esters is 2. The Morgan fingerprint density at radius 1 is 0.688 bits per heavy atom. The number of alkyl carbamates (subject to hydrolysis) is 1. The van der Waals surface area contributed by atoms with Gasteiger partial charge in [-0.3, -0.25) is 39.6 Å². The number of nitrogens with one attached hydrogen (secondary N) is 3. The molecule has 3 fully saturated rings. The predicted octanol–water partition coefficient (Wildman–Crippen LogP) is 6.14. The number of nitro benzene ring substituents is 1. The smallest absolute Gasteiger partial charge is 0.407 e. The van der Waals surface area contributed by atoms with Crippen molar-refractivity contribution in [2.24, 2.45) is 0 Å². The number of hydrogen-bond donors (Lipinski definition) is 3. The SMILES string of the molecule is COc1ccc(COC(=O)C(C(=O)N[C@@H]2C(=O)N3C[C@@](C(=O)OC(c4ccccc4)c4ccccc4)(N4CCN(NC(=O)CNC(=O)OCc5ccc([N+](=O)[O-])cc5)C4=O)S[C@H]23)c2ccc(OCc3ccc(OC)cc3)cc2)cc1. The standard InChI is InChI=1S/C57H53N7O15S/c1-74-43-23-15-37(16-24-43)32-76-45-27-19-39(20-28-45)47(53(68)77-33-38-17-25-44(75-2)26-18-38)50(66)59-48-51(67)61-35-57(80-52(48)61,54(69)79-49(40-9-5-3-6-10-40)41-11-7-4-8-12-41)62-29-30-63(56(62)71)60-46(65)31-58-55(70)78-34-36-13-21-42(22-14-36)64(72)73/h3-28,47-49,52H,29-35H2,1-2H3,(H,58,70)(H,59,66)(H,60,65)/t47?,48-,52-,57-/m1/s1. The van der Waals surface area contributed by atoms with Crippen LogP contribution < -0.4 is 30.3 Å². The van der Waals surface area contributed by atoms with Gasteiger partial charge in [0, 0.05) is 18.7 Å². The van der Waals surface area contributed by atoms with Crippen LogP contribution in [0.4, 0.5) is 15.3 Å². The molecule has 0 aliphatic carbocycles. The Kier molecular flexibility index (Phi) is 17.1. The Bertz CT molecular complexity index is 3190. The van der Waals surface area contributed by atoms with E-state index >= 15 is 4.79 Å². The molecule has 23 heteroatoms. The van der Waals surface area contributed by atoms with Gasteiger partial charge in [-0.2, -0.15) is 0 Å². The number of amides is 6. The molecule has 22 nitrogen and oxygen atoms in total. The Hall–Kier alpha value is -9.64. The zero-order valence-corrected chi connectivity index (χ0v) is 43.9. The summed E-state index contributed by atoms with van der Waals surface area (Å²) in [5.41, 5.74) is 5.69. The summed E-state index contributed by atoms with van der Waals surface area (Å²) >= 11 is 0.903. The number of methoxy groups -OCH3 is 2. The number of nitro groups is 1. The number of carbonyl (C=O) groups excluding carboxylic acids is 7. The van der Waals surface area contributed by atoms with Crippen molar-refractivity contribution in [3.8, 4) is 17.2 Å². The van der Waals surface area contributed by atoms with E-state index in [0.717, 1.165) is 22.3 Å².